The summed E-state index contributed by atoms with van der Waals surface area (Å²) in [6, 6.07) is -0.786. The quantitative estimate of drug-likeness (QED) is 0.870. The summed E-state index contributed by atoms with van der Waals surface area (Å²) >= 11 is 1.60. The highest BCUT2D eigenvalue weighted by Gasteiger charge is 2.37. The van der Waals surface area contributed by atoms with Gasteiger partial charge in [-0.1, -0.05) is 13.8 Å². The summed E-state index contributed by atoms with van der Waals surface area (Å²) in [5.41, 5.74) is 0. The first-order valence-corrected chi connectivity index (χ1v) is 8.60. The molecule has 8 heteroatoms. The van der Waals surface area contributed by atoms with Crippen molar-refractivity contribution in [3.8, 4) is 0 Å². The van der Waals surface area contributed by atoms with Crippen LogP contribution in [0.25, 0.3) is 0 Å². The van der Waals surface area contributed by atoms with E-state index in [1.54, 1.807) is 23.6 Å². The Morgan fingerprint density at radius 3 is 2.64 bits per heavy atom. The molecule has 0 radical (unpaired) electrons. The Morgan fingerprint density at radius 1 is 1.32 bits per heavy atom. The van der Waals surface area contributed by atoms with Crippen LogP contribution in [0.15, 0.2) is 12.7 Å². The van der Waals surface area contributed by atoms with Gasteiger partial charge in [-0.2, -0.15) is 5.10 Å². The molecule has 22 heavy (non-hydrogen) atoms. The van der Waals surface area contributed by atoms with Crippen LogP contribution in [0.4, 0.5) is 0 Å². The fraction of sp³-hybridized carbons (Fsp3) is 0.714. The predicted octanol–water partition coefficient (Wildman–Crippen LogP) is 0.901. The lowest BCUT2D eigenvalue weighted by Gasteiger charge is -2.27. The molecule has 7 nitrogen and oxygen atoms in total. The SMILES string of the molecule is CC(C)[C@H](C)NC(=O)[C@H]1CSCN1C(=O)[C@@H](C)n1cncn1. The Balaban J connectivity index is 2.03. The lowest BCUT2D eigenvalue weighted by atomic mass is 10.1. The van der Waals surface area contributed by atoms with Crippen molar-refractivity contribution in [1.82, 2.24) is 25.0 Å². The third-order valence-electron chi connectivity index (χ3n) is 4.03. The van der Waals surface area contributed by atoms with Gasteiger partial charge < -0.3 is 10.2 Å². The van der Waals surface area contributed by atoms with E-state index in [0.717, 1.165) is 0 Å². The summed E-state index contributed by atoms with van der Waals surface area (Å²) in [5, 5.41) is 7.00. The first-order chi connectivity index (χ1) is 10.4. The molecule has 0 aromatic carbocycles. The number of nitrogens with zero attached hydrogens (tertiary/aromatic N) is 4. The Bertz CT molecular complexity index is 519. The van der Waals surface area contributed by atoms with Crippen LogP contribution in [0.1, 0.15) is 33.7 Å². The summed E-state index contributed by atoms with van der Waals surface area (Å²) in [6.07, 6.45) is 2.92. The number of carbonyl (C=O) groups is 2. The maximum atomic E-state index is 12.6. The first-order valence-electron chi connectivity index (χ1n) is 7.44. The van der Waals surface area contributed by atoms with Gasteiger partial charge in [-0.3, -0.25) is 9.59 Å². The highest BCUT2D eigenvalue weighted by molar-refractivity contribution is 7.99. The minimum Gasteiger partial charge on any atom is -0.352 e. The topological polar surface area (TPSA) is 80.1 Å². The lowest BCUT2D eigenvalue weighted by molar-refractivity contribution is -0.140. The van der Waals surface area contributed by atoms with Crippen molar-refractivity contribution in [2.24, 2.45) is 5.92 Å². The van der Waals surface area contributed by atoms with Gasteiger partial charge in [-0.05, 0) is 19.8 Å². The molecular weight excluding hydrogens is 302 g/mol. The van der Waals surface area contributed by atoms with E-state index >= 15 is 0 Å². The molecule has 2 rings (SSSR count). The van der Waals surface area contributed by atoms with E-state index in [9.17, 15) is 9.59 Å². The van der Waals surface area contributed by atoms with Gasteiger partial charge >= 0.3 is 0 Å². The molecule has 2 amide bonds. The van der Waals surface area contributed by atoms with Crippen molar-refractivity contribution in [3.63, 3.8) is 0 Å². The van der Waals surface area contributed by atoms with Gasteiger partial charge in [0, 0.05) is 11.8 Å². The van der Waals surface area contributed by atoms with Crippen molar-refractivity contribution in [1.29, 1.82) is 0 Å². The molecule has 0 bridgehead atoms. The van der Waals surface area contributed by atoms with E-state index in [1.807, 2.05) is 6.92 Å². The molecule has 0 unspecified atom stereocenters. The average molecular weight is 325 g/mol. The Labute approximate surface area is 134 Å². The number of thioether (sulfide) groups is 1. The third-order valence-corrected chi connectivity index (χ3v) is 5.04. The molecule has 122 valence electrons. The molecule has 0 aliphatic carbocycles. The fourth-order valence-corrected chi connectivity index (χ4v) is 3.30. The van der Waals surface area contributed by atoms with Crippen LogP contribution in [0.2, 0.25) is 0 Å². The zero-order valence-electron chi connectivity index (χ0n) is 13.4. The molecular formula is C14H23N5O2S. The zero-order chi connectivity index (χ0) is 16.3. The highest BCUT2D eigenvalue weighted by Crippen LogP contribution is 2.24. The normalized spacial score (nSPS) is 21.0. The van der Waals surface area contributed by atoms with E-state index in [1.165, 1.54) is 17.3 Å². The number of hydrogen-bond acceptors (Lipinski definition) is 5. The third kappa shape index (κ3) is 3.60. The standard InChI is InChI=1S/C14H23N5O2S/c1-9(2)10(3)17-13(20)12-5-22-8-18(12)14(21)11(4)19-7-15-6-16-19/h6-7,9-12H,5,8H2,1-4H3,(H,17,20)/t10-,11+,12+/m0/s1. The molecule has 3 atom stereocenters. The zero-order valence-corrected chi connectivity index (χ0v) is 14.2. The lowest BCUT2D eigenvalue weighted by Crippen LogP contribution is -2.51. The molecule has 0 saturated carbocycles. The maximum absolute atomic E-state index is 12.6. The second-order valence-electron chi connectivity index (χ2n) is 5.92. The number of hydrogen-bond donors (Lipinski definition) is 1. The molecule has 1 aromatic rings. The summed E-state index contributed by atoms with van der Waals surface area (Å²) in [4.78, 5) is 30.6. The number of nitrogens with one attached hydrogen (secondary N) is 1. The van der Waals surface area contributed by atoms with Crippen LogP contribution < -0.4 is 5.32 Å². The molecule has 1 aliphatic rings. The molecule has 1 aromatic heterocycles. The second kappa shape index (κ2) is 7.13. The Kier molecular flexibility index (Phi) is 5.44. The van der Waals surface area contributed by atoms with E-state index in [0.29, 0.717) is 17.5 Å². The number of rotatable bonds is 5. The Morgan fingerprint density at radius 2 is 2.05 bits per heavy atom. The minimum absolute atomic E-state index is 0.0784. The van der Waals surface area contributed by atoms with Crippen LogP contribution in [0.5, 0.6) is 0 Å². The van der Waals surface area contributed by atoms with Crippen molar-refractivity contribution in [2.45, 2.75) is 45.8 Å². The summed E-state index contributed by atoms with van der Waals surface area (Å²) in [5.74, 6) is 1.34. The van der Waals surface area contributed by atoms with Gasteiger partial charge in [0.05, 0.1) is 5.88 Å². The second-order valence-corrected chi connectivity index (χ2v) is 6.92. The van der Waals surface area contributed by atoms with Crippen molar-refractivity contribution in [2.75, 3.05) is 11.6 Å². The van der Waals surface area contributed by atoms with Crippen LogP contribution in [-0.4, -0.2) is 55.2 Å². The molecule has 1 N–H and O–H groups in total. The van der Waals surface area contributed by atoms with Gasteiger partial charge in [0.25, 0.3) is 0 Å². The fourth-order valence-electron chi connectivity index (χ4n) is 2.13. The number of amides is 2. The van der Waals surface area contributed by atoms with Gasteiger partial charge in [0.2, 0.25) is 11.8 Å². The van der Waals surface area contributed by atoms with Crippen LogP contribution in [0.3, 0.4) is 0 Å². The van der Waals surface area contributed by atoms with Crippen molar-refractivity contribution < 1.29 is 9.59 Å². The minimum atomic E-state index is -0.459. The molecule has 1 aliphatic heterocycles. The summed E-state index contributed by atoms with van der Waals surface area (Å²) in [6.45, 7) is 7.87. The van der Waals surface area contributed by atoms with E-state index in [-0.39, 0.29) is 17.9 Å². The van der Waals surface area contributed by atoms with Crippen LogP contribution >= 0.6 is 11.8 Å². The number of aromatic nitrogens is 3. The monoisotopic (exact) mass is 325 g/mol. The van der Waals surface area contributed by atoms with E-state index < -0.39 is 12.1 Å². The van der Waals surface area contributed by atoms with E-state index in [2.05, 4.69) is 29.2 Å². The van der Waals surface area contributed by atoms with Gasteiger partial charge in [-0.25, -0.2) is 9.67 Å². The first kappa shape index (κ1) is 16.8. The largest absolute Gasteiger partial charge is 0.352 e. The maximum Gasteiger partial charge on any atom is 0.248 e. The van der Waals surface area contributed by atoms with Gasteiger partial charge in [0.1, 0.15) is 24.7 Å². The van der Waals surface area contributed by atoms with Gasteiger partial charge in [0.15, 0.2) is 0 Å². The van der Waals surface area contributed by atoms with Crippen LogP contribution in [0, 0.1) is 5.92 Å². The summed E-state index contributed by atoms with van der Waals surface area (Å²) < 4.78 is 1.51. The average Bonchev–Trinajstić information content (AvgIpc) is 3.16. The van der Waals surface area contributed by atoms with Crippen molar-refractivity contribution >= 4 is 23.6 Å². The molecule has 2 heterocycles. The smallest absolute Gasteiger partial charge is 0.248 e. The summed E-state index contributed by atoms with van der Waals surface area (Å²) in [7, 11) is 0. The van der Waals surface area contributed by atoms with Crippen molar-refractivity contribution in [3.05, 3.63) is 12.7 Å². The number of carbonyl (C=O) groups excluding carboxylic acids is 2. The Hall–Kier alpha value is -1.57. The predicted molar refractivity (Wildman–Crippen MR) is 85.1 cm³/mol. The highest BCUT2D eigenvalue weighted by atomic mass is 32.2. The van der Waals surface area contributed by atoms with Gasteiger partial charge in [-0.15, -0.1) is 11.8 Å². The molecule has 1 fully saturated rings. The molecule has 0 spiro atoms. The van der Waals surface area contributed by atoms with E-state index in [4.69, 9.17) is 0 Å². The molecule has 1 saturated heterocycles. The van der Waals surface area contributed by atoms with Crippen LogP contribution in [-0.2, 0) is 9.59 Å².